The molecule has 0 fully saturated rings. The summed E-state index contributed by atoms with van der Waals surface area (Å²) in [5.74, 6) is -1.56. The van der Waals surface area contributed by atoms with Crippen LogP contribution in [0, 0.1) is 5.41 Å². The van der Waals surface area contributed by atoms with E-state index in [-0.39, 0.29) is 31.0 Å². The first-order valence-electron chi connectivity index (χ1n) is 14.0. The molecular formula is C33H37ClN2O5. The van der Waals surface area contributed by atoms with Crippen molar-refractivity contribution in [3.8, 4) is 0 Å². The van der Waals surface area contributed by atoms with Crippen LogP contribution in [-0.2, 0) is 16.0 Å². The van der Waals surface area contributed by atoms with Crippen LogP contribution in [0.25, 0.3) is 0 Å². The Morgan fingerprint density at radius 2 is 1.66 bits per heavy atom. The van der Waals surface area contributed by atoms with Crippen LogP contribution in [0.3, 0.4) is 0 Å². The molecule has 7 nitrogen and oxygen atoms in total. The molecule has 4 rings (SSSR count). The van der Waals surface area contributed by atoms with E-state index in [1.165, 1.54) is 0 Å². The number of anilines is 2. The van der Waals surface area contributed by atoms with Crippen LogP contribution in [0.2, 0.25) is 5.02 Å². The zero-order valence-electron chi connectivity index (χ0n) is 23.7. The summed E-state index contributed by atoms with van der Waals surface area (Å²) in [7, 11) is 0. The van der Waals surface area contributed by atoms with Crippen LogP contribution in [0.1, 0.15) is 67.4 Å². The maximum Gasteiger partial charge on any atom is 0.309 e. The van der Waals surface area contributed by atoms with Gasteiger partial charge in [-0.25, -0.2) is 0 Å². The lowest BCUT2D eigenvalue weighted by Crippen LogP contribution is -2.47. The minimum atomic E-state index is -0.801. The van der Waals surface area contributed by atoms with Gasteiger partial charge in [-0.05, 0) is 100 Å². The highest BCUT2D eigenvalue weighted by Crippen LogP contribution is 2.41. The number of para-hydroxylation sites is 1. The molecule has 216 valence electrons. The van der Waals surface area contributed by atoms with Gasteiger partial charge in [0.15, 0.2) is 0 Å². The quantitative estimate of drug-likeness (QED) is 0.294. The second kappa shape index (κ2) is 12.9. The van der Waals surface area contributed by atoms with Crippen LogP contribution >= 0.6 is 11.6 Å². The van der Waals surface area contributed by atoms with Crippen LogP contribution in [0.4, 0.5) is 11.4 Å². The molecule has 0 aliphatic carbocycles. The Labute approximate surface area is 246 Å². The van der Waals surface area contributed by atoms with Gasteiger partial charge in [-0.3, -0.25) is 14.4 Å². The van der Waals surface area contributed by atoms with E-state index in [4.69, 9.17) is 11.6 Å². The summed E-state index contributed by atoms with van der Waals surface area (Å²) in [6.45, 7) is 5.38. The second-order valence-electron chi connectivity index (χ2n) is 11.3. The number of aliphatic carboxylic acids is 1. The second-order valence-corrected chi connectivity index (χ2v) is 11.7. The fourth-order valence-electron chi connectivity index (χ4n) is 5.43. The Kier molecular flexibility index (Phi) is 9.51. The zero-order valence-corrected chi connectivity index (χ0v) is 24.5. The van der Waals surface area contributed by atoms with E-state index in [2.05, 4.69) is 0 Å². The maximum atomic E-state index is 13.9. The van der Waals surface area contributed by atoms with Crippen molar-refractivity contribution in [2.45, 2.75) is 58.4 Å². The van der Waals surface area contributed by atoms with E-state index < -0.39 is 17.3 Å². The molecule has 0 radical (unpaired) electrons. The zero-order chi connectivity index (χ0) is 29.7. The molecule has 41 heavy (non-hydrogen) atoms. The molecule has 3 aromatic carbocycles. The van der Waals surface area contributed by atoms with Gasteiger partial charge in [0.1, 0.15) is 0 Å². The van der Waals surface area contributed by atoms with Gasteiger partial charge in [-0.1, -0.05) is 41.9 Å². The molecule has 8 heteroatoms. The van der Waals surface area contributed by atoms with Crippen molar-refractivity contribution in [3.05, 3.63) is 94.5 Å². The van der Waals surface area contributed by atoms with Gasteiger partial charge in [0.25, 0.3) is 5.91 Å². The molecule has 0 saturated carbocycles. The highest BCUT2D eigenvalue weighted by molar-refractivity contribution is 6.30. The number of carboxylic acid groups (broad SMARTS) is 1. The standard InChI is InChI=1S/C33H37ClN2O5/c1-22-21-28(31(39)35(19-20-37)26-16-14-25(34)15-17-26)27-8-4-5-9-29(27)36(22)30(38)24-12-10-23(11-13-24)7-6-18-33(2,3)32(40)41/h4-5,8-17,22,28,37H,6-7,18-21H2,1-3H3,(H,40,41)/t22-,28-/m0/s1. The minimum Gasteiger partial charge on any atom is -0.481 e. The topological polar surface area (TPSA) is 98.2 Å². The molecule has 1 heterocycles. The average Bonchev–Trinajstić information content (AvgIpc) is 2.95. The predicted molar refractivity (Wildman–Crippen MR) is 162 cm³/mol. The summed E-state index contributed by atoms with van der Waals surface area (Å²) < 4.78 is 0. The van der Waals surface area contributed by atoms with Crippen molar-refractivity contribution in [1.82, 2.24) is 0 Å². The molecular weight excluding hydrogens is 540 g/mol. The fourth-order valence-corrected chi connectivity index (χ4v) is 5.55. The first-order chi connectivity index (χ1) is 19.5. The largest absolute Gasteiger partial charge is 0.481 e. The van der Waals surface area contributed by atoms with Gasteiger partial charge in [-0.2, -0.15) is 0 Å². The molecule has 3 aromatic rings. The summed E-state index contributed by atoms with van der Waals surface area (Å²) in [6.07, 6.45) is 2.48. The molecule has 1 aliphatic rings. The van der Waals surface area contributed by atoms with Gasteiger partial charge < -0.3 is 20.0 Å². The van der Waals surface area contributed by atoms with E-state index >= 15 is 0 Å². The van der Waals surface area contributed by atoms with Crippen LogP contribution < -0.4 is 9.80 Å². The summed E-state index contributed by atoms with van der Waals surface area (Å²) in [5.41, 5.74) is 2.97. The third-order valence-electron chi connectivity index (χ3n) is 7.88. The number of aliphatic hydroxyl groups excluding tert-OH is 1. The van der Waals surface area contributed by atoms with Gasteiger partial charge >= 0.3 is 5.97 Å². The number of hydrogen-bond acceptors (Lipinski definition) is 4. The molecule has 0 unspecified atom stereocenters. The van der Waals surface area contributed by atoms with Crippen LogP contribution in [-0.4, -0.2) is 47.2 Å². The monoisotopic (exact) mass is 576 g/mol. The molecule has 2 atom stereocenters. The van der Waals surface area contributed by atoms with Crippen molar-refractivity contribution >= 4 is 40.8 Å². The minimum absolute atomic E-state index is 0.136. The predicted octanol–water partition coefficient (Wildman–Crippen LogP) is 6.32. The van der Waals surface area contributed by atoms with Crippen molar-refractivity contribution in [2.24, 2.45) is 5.41 Å². The number of halogens is 1. The van der Waals surface area contributed by atoms with E-state index in [0.29, 0.717) is 34.8 Å². The normalized spacial score (nSPS) is 16.7. The van der Waals surface area contributed by atoms with Crippen LogP contribution in [0.15, 0.2) is 72.8 Å². The summed E-state index contributed by atoms with van der Waals surface area (Å²) in [5, 5.41) is 19.6. The van der Waals surface area contributed by atoms with Crippen LogP contribution in [0.5, 0.6) is 0 Å². The number of carbonyl (C=O) groups is 3. The summed E-state index contributed by atoms with van der Waals surface area (Å²) >= 11 is 6.05. The van der Waals surface area contributed by atoms with Crippen molar-refractivity contribution in [2.75, 3.05) is 23.0 Å². The Balaban J connectivity index is 1.54. The Bertz CT molecular complexity index is 1390. The Morgan fingerprint density at radius 3 is 2.29 bits per heavy atom. The number of rotatable bonds is 10. The van der Waals surface area contributed by atoms with Crippen molar-refractivity contribution < 1.29 is 24.6 Å². The van der Waals surface area contributed by atoms with E-state index in [1.807, 2.05) is 55.5 Å². The number of hydrogen-bond donors (Lipinski definition) is 2. The van der Waals surface area contributed by atoms with Gasteiger partial charge in [-0.15, -0.1) is 0 Å². The lowest BCUT2D eigenvalue weighted by Gasteiger charge is -2.40. The molecule has 1 aliphatic heterocycles. The lowest BCUT2D eigenvalue weighted by atomic mass is 9.84. The maximum absolute atomic E-state index is 13.9. The number of nitrogens with zero attached hydrogens (tertiary/aromatic N) is 2. The number of amides is 2. The smallest absolute Gasteiger partial charge is 0.309 e. The average molecular weight is 577 g/mol. The molecule has 0 aromatic heterocycles. The molecule has 2 amide bonds. The Morgan fingerprint density at radius 1 is 1.00 bits per heavy atom. The number of carboxylic acids is 1. The molecule has 0 bridgehead atoms. The van der Waals surface area contributed by atoms with Gasteiger partial charge in [0.05, 0.1) is 17.9 Å². The third kappa shape index (κ3) is 6.80. The third-order valence-corrected chi connectivity index (χ3v) is 8.13. The number of aryl methyl sites for hydroxylation is 1. The summed E-state index contributed by atoms with van der Waals surface area (Å²) in [4.78, 5) is 42.4. The number of aliphatic hydroxyl groups is 1. The lowest BCUT2D eigenvalue weighted by molar-refractivity contribution is -0.147. The van der Waals surface area contributed by atoms with Crippen molar-refractivity contribution in [1.29, 1.82) is 0 Å². The fraction of sp³-hybridized carbons (Fsp3) is 0.364. The van der Waals surface area contributed by atoms with Crippen molar-refractivity contribution in [3.63, 3.8) is 0 Å². The van der Waals surface area contributed by atoms with Gasteiger partial charge in [0, 0.05) is 34.5 Å². The Hall–Kier alpha value is -3.68. The van der Waals surface area contributed by atoms with E-state index in [9.17, 15) is 24.6 Å². The first-order valence-corrected chi connectivity index (χ1v) is 14.3. The number of carbonyl (C=O) groups excluding carboxylic acids is 2. The molecule has 0 saturated heterocycles. The highest BCUT2D eigenvalue weighted by atomic mass is 35.5. The first kappa shape index (κ1) is 30.3. The summed E-state index contributed by atoms with van der Waals surface area (Å²) in [6, 6.07) is 21.7. The highest BCUT2D eigenvalue weighted by Gasteiger charge is 2.39. The SMILES string of the molecule is C[C@H]1C[C@H](C(=O)N(CCO)c2ccc(Cl)cc2)c2ccccc2N1C(=O)c1ccc(CCCC(C)(C)C(=O)O)cc1. The molecule has 0 spiro atoms. The van der Waals surface area contributed by atoms with Gasteiger partial charge in [0.2, 0.25) is 5.91 Å². The molecule has 2 N–H and O–H groups in total. The number of benzene rings is 3. The number of fused-ring (bicyclic) bond motifs is 1. The van der Waals surface area contributed by atoms with E-state index in [1.54, 1.807) is 47.9 Å². The van der Waals surface area contributed by atoms with E-state index in [0.717, 1.165) is 24.0 Å².